The fourth-order valence-corrected chi connectivity index (χ4v) is 3.12. The van der Waals surface area contributed by atoms with Crippen molar-refractivity contribution in [3.63, 3.8) is 0 Å². The Hall–Kier alpha value is -2.14. The molecule has 5 nitrogen and oxygen atoms in total. The van der Waals surface area contributed by atoms with Crippen molar-refractivity contribution in [3.05, 3.63) is 42.0 Å². The maximum atomic E-state index is 12.3. The highest BCUT2D eigenvalue weighted by Crippen LogP contribution is 2.26. The van der Waals surface area contributed by atoms with Crippen molar-refractivity contribution in [3.8, 4) is 5.69 Å². The lowest BCUT2D eigenvalue weighted by atomic mass is 9.86. The normalized spacial score (nSPS) is 21.2. The molecule has 0 saturated heterocycles. The van der Waals surface area contributed by atoms with E-state index >= 15 is 0 Å². The molecule has 1 saturated carbocycles. The molecule has 0 radical (unpaired) electrons. The van der Waals surface area contributed by atoms with E-state index in [1.807, 2.05) is 42.7 Å². The summed E-state index contributed by atoms with van der Waals surface area (Å²) in [6.07, 6.45) is 4.78. The Morgan fingerprint density at radius 2 is 1.91 bits per heavy atom. The summed E-state index contributed by atoms with van der Waals surface area (Å²) in [5, 5.41) is 12.9. The molecular formula is C18H23N3O2. The van der Waals surface area contributed by atoms with Gasteiger partial charge in [-0.05, 0) is 51.0 Å². The summed E-state index contributed by atoms with van der Waals surface area (Å²) in [5.74, 6) is -0.374. The number of aliphatic hydroxyl groups excluding tert-OH is 1. The van der Waals surface area contributed by atoms with Crippen LogP contribution in [0.4, 0.5) is 5.69 Å². The van der Waals surface area contributed by atoms with E-state index in [0.717, 1.165) is 48.4 Å². The van der Waals surface area contributed by atoms with Gasteiger partial charge in [0.25, 0.3) is 0 Å². The minimum Gasteiger partial charge on any atom is -0.392 e. The molecule has 0 bridgehead atoms. The number of carbonyl (C=O) groups excluding carboxylic acids is 1. The van der Waals surface area contributed by atoms with Crippen molar-refractivity contribution in [1.82, 2.24) is 9.55 Å². The Morgan fingerprint density at radius 1 is 1.22 bits per heavy atom. The molecule has 0 aliphatic heterocycles. The predicted octanol–water partition coefficient (Wildman–Crippen LogP) is 2.98. The molecule has 1 amide bonds. The zero-order valence-corrected chi connectivity index (χ0v) is 13.6. The maximum absolute atomic E-state index is 12.3. The van der Waals surface area contributed by atoms with Gasteiger partial charge in [-0.1, -0.05) is 12.8 Å². The lowest BCUT2D eigenvalue weighted by Crippen LogP contribution is -2.35. The Balaban J connectivity index is 1.70. The van der Waals surface area contributed by atoms with Crippen LogP contribution < -0.4 is 5.32 Å². The second-order valence-electron chi connectivity index (χ2n) is 6.28. The van der Waals surface area contributed by atoms with Gasteiger partial charge in [0.1, 0.15) is 0 Å². The largest absolute Gasteiger partial charge is 0.392 e. The van der Waals surface area contributed by atoms with Gasteiger partial charge in [0, 0.05) is 17.1 Å². The second kappa shape index (κ2) is 6.54. The molecule has 23 heavy (non-hydrogen) atoms. The van der Waals surface area contributed by atoms with E-state index in [2.05, 4.69) is 10.3 Å². The van der Waals surface area contributed by atoms with Crippen LogP contribution in [-0.4, -0.2) is 26.7 Å². The number of amides is 1. The minimum absolute atomic E-state index is 0.0837. The summed E-state index contributed by atoms with van der Waals surface area (Å²) in [6.45, 7) is 4.01. The van der Waals surface area contributed by atoms with E-state index in [1.54, 1.807) is 6.33 Å². The third-order valence-corrected chi connectivity index (χ3v) is 4.73. The second-order valence-corrected chi connectivity index (χ2v) is 6.28. The molecule has 3 rings (SSSR count). The molecule has 2 unspecified atom stereocenters. The Kier molecular flexibility index (Phi) is 4.48. The summed E-state index contributed by atoms with van der Waals surface area (Å²) in [4.78, 5) is 16.6. The van der Waals surface area contributed by atoms with E-state index in [1.165, 1.54) is 0 Å². The zero-order valence-electron chi connectivity index (χ0n) is 13.6. The number of aliphatic hydroxyl groups is 1. The van der Waals surface area contributed by atoms with Crippen LogP contribution in [0.1, 0.15) is 37.1 Å². The van der Waals surface area contributed by atoms with Crippen LogP contribution in [0.2, 0.25) is 0 Å². The third-order valence-electron chi connectivity index (χ3n) is 4.73. The van der Waals surface area contributed by atoms with E-state index in [-0.39, 0.29) is 11.8 Å². The minimum atomic E-state index is -0.514. The molecule has 0 spiro atoms. The number of nitrogens with one attached hydrogen (secondary N) is 1. The summed E-state index contributed by atoms with van der Waals surface area (Å²) in [5.41, 5.74) is 3.88. The fraction of sp³-hybridized carbons (Fsp3) is 0.444. The molecule has 1 heterocycles. The standard InChI is InChI=1S/C18H23N3O2/c1-12-13(2)21(11-19-12)15-9-7-14(8-10-15)20-18(23)16-5-3-4-6-17(16)22/h7-11,16-17,22H,3-6H2,1-2H3,(H,20,23). The molecule has 2 aromatic rings. The third kappa shape index (κ3) is 3.29. The summed E-state index contributed by atoms with van der Waals surface area (Å²) < 4.78 is 2.02. The highest BCUT2D eigenvalue weighted by atomic mass is 16.3. The topological polar surface area (TPSA) is 67.2 Å². The molecule has 5 heteroatoms. The smallest absolute Gasteiger partial charge is 0.230 e. The average molecular weight is 313 g/mol. The van der Waals surface area contributed by atoms with Crippen LogP contribution in [-0.2, 0) is 4.79 Å². The van der Waals surface area contributed by atoms with Crippen LogP contribution in [0.25, 0.3) is 5.69 Å². The maximum Gasteiger partial charge on any atom is 0.230 e. The van der Waals surface area contributed by atoms with Gasteiger partial charge in [-0.2, -0.15) is 0 Å². The number of hydrogen-bond donors (Lipinski definition) is 2. The predicted molar refractivity (Wildman–Crippen MR) is 89.6 cm³/mol. The van der Waals surface area contributed by atoms with Crippen molar-refractivity contribution < 1.29 is 9.90 Å². The first-order valence-electron chi connectivity index (χ1n) is 8.16. The van der Waals surface area contributed by atoms with Gasteiger partial charge < -0.3 is 15.0 Å². The Bertz CT molecular complexity index is 691. The first-order chi connectivity index (χ1) is 11.1. The van der Waals surface area contributed by atoms with Gasteiger partial charge in [0.15, 0.2) is 0 Å². The quantitative estimate of drug-likeness (QED) is 0.915. The molecule has 1 aromatic heterocycles. The first-order valence-corrected chi connectivity index (χ1v) is 8.16. The van der Waals surface area contributed by atoms with Gasteiger partial charge in [-0.3, -0.25) is 4.79 Å². The summed E-state index contributed by atoms with van der Waals surface area (Å²) in [7, 11) is 0. The average Bonchev–Trinajstić information content (AvgIpc) is 2.88. The van der Waals surface area contributed by atoms with Gasteiger partial charge in [0.05, 0.1) is 24.0 Å². The van der Waals surface area contributed by atoms with E-state index in [4.69, 9.17) is 0 Å². The molecule has 122 valence electrons. The van der Waals surface area contributed by atoms with Crippen molar-refractivity contribution >= 4 is 11.6 Å². The highest BCUT2D eigenvalue weighted by molar-refractivity contribution is 5.93. The Labute approximate surface area is 136 Å². The van der Waals surface area contributed by atoms with Crippen LogP contribution >= 0.6 is 0 Å². The first kappa shape index (κ1) is 15.7. The number of imidazole rings is 1. The molecule has 1 aromatic carbocycles. The highest BCUT2D eigenvalue weighted by Gasteiger charge is 2.29. The van der Waals surface area contributed by atoms with Crippen LogP contribution in [0.3, 0.4) is 0 Å². The van der Waals surface area contributed by atoms with Crippen molar-refractivity contribution in [2.24, 2.45) is 5.92 Å². The van der Waals surface area contributed by atoms with Crippen molar-refractivity contribution in [2.75, 3.05) is 5.32 Å². The Morgan fingerprint density at radius 3 is 2.52 bits per heavy atom. The number of aromatic nitrogens is 2. The molecular weight excluding hydrogens is 290 g/mol. The van der Waals surface area contributed by atoms with Crippen molar-refractivity contribution in [1.29, 1.82) is 0 Å². The van der Waals surface area contributed by atoms with Gasteiger partial charge >= 0.3 is 0 Å². The van der Waals surface area contributed by atoms with Crippen molar-refractivity contribution in [2.45, 2.75) is 45.6 Å². The SMILES string of the molecule is Cc1ncn(-c2ccc(NC(=O)C3CCCCC3O)cc2)c1C. The molecule has 1 aliphatic rings. The zero-order chi connectivity index (χ0) is 16.4. The molecule has 2 atom stereocenters. The number of nitrogens with zero attached hydrogens (tertiary/aromatic N) is 2. The van der Waals surface area contributed by atoms with Crippen LogP contribution in [0.5, 0.6) is 0 Å². The monoisotopic (exact) mass is 313 g/mol. The number of hydrogen-bond acceptors (Lipinski definition) is 3. The van der Waals surface area contributed by atoms with Gasteiger partial charge in [-0.25, -0.2) is 4.98 Å². The van der Waals surface area contributed by atoms with E-state index < -0.39 is 6.10 Å². The lowest BCUT2D eigenvalue weighted by molar-refractivity contribution is -0.124. The van der Waals surface area contributed by atoms with E-state index in [9.17, 15) is 9.90 Å². The number of aryl methyl sites for hydroxylation is 1. The van der Waals surface area contributed by atoms with Crippen LogP contribution in [0, 0.1) is 19.8 Å². The molecule has 1 aliphatic carbocycles. The summed E-state index contributed by atoms with van der Waals surface area (Å²) in [6, 6.07) is 7.69. The summed E-state index contributed by atoms with van der Waals surface area (Å²) >= 11 is 0. The number of benzene rings is 1. The van der Waals surface area contributed by atoms with Gasteiger partial charge in [0.2, 0.25) is 5.91 Å². The van der Waals surface area contributed by atoms with E-state index in [0.29, 0.717) is 0 Å². The number of carbonyl (C=O) groups is 1. The number of rotatable bonds is 3. The molecule has 1 fully saturated rings. The lowest BCUT2D eigenvalue weighted by Gasteiger charge is -2.26. The molecule has 2 N–H and O–H groups in total. The van der Waals surface area contributed by atoms with Crippen LogP contribution in [0.15, 0.2) is 30.6 Å². The number of anilines is 1. The fourth-order valence-electron chi connectivity index (χ4n) is 3.12. The van der Waals surface area contributed by atoms with Gasteiger partial charge in [-0.15, -0.1) is 0 Å².